The van der Waals surface area contributed by atoms with Crippen LogP contribution in [-0.4, -0.2) is 60.9 Å². The second-order valence-corrected chi connectivity index (χ2v) is 8.04. The summed E-state index contributed by atoms with van der Waals surface area (Å²) < 4.78 is 5.14. The number of methoxy groups -OCH3 is 1. The highest BCUT2D eigenvalue weighted by Crippen LogP contribution is 2.40. The van der Waals surface area contributed by atoms with Crippen molar-refractivity contribution >= 4 is 40.7 Å². The molecule has 1 aliphatic heterocycles. The number of carbonyl (C=O) groups excluding carboxylic acids is 2. The van der Waals surface area contributed by atoms with Crippen molar-refractivity contribution in [3.8, 4) is 5.75 Å². The Morgan fingerprint density at radius 1 is 1.13 bits per heavy atom. The third-order valence-electron chi connectivity index (χ3n) is 4.94. The van der Waals surface area contributed by atoms with Gasteiger partial charge in [0.25, 0.3) is 11.7 Å². The number of hydrogen-bond acceptors (Lipinski definition) is 5. The predicted octanol–water partition coefficient (Wildman–Crippen LogP) is 3.99. The molecule has 2 aromatic carbocycles. The molecule has 0 bridgehead atoms. The first-order chi connectivity index (χ1) is 14.2. The summed E-state index contributed by atoms with van der Waals surface area (Å²) in [7, 11) is 5.25. The number of rotatable bonds is 6. The van der Waals surface area contributed by atoms with E-state index in [1.807, 2.05) is 19.0 Å². The van der Waals surface area contributed by atoms with Crippen LogP contribution >= 0.6 is 23.2 Å². The van der Waals surface area contributed by atoms with E-state index in [9.17, 15) is 14.7 Å². The maximum Gasteiger partial charge on any atom is 0.295 e. The Bertz CT molecular complexity index is 1000. The number of nitrogens with zero attached hydrogens (tertiary/aromatic N) is 2. The first-order valence-electron chi connectivity index (χ1n) is 9.27. The summed E-state index contributed by atoms with van der Waals surface area (Å²) >= 11 is 12.2. The highest BCUT2D eigenvalue weighted by molar-refractivity contribution is 6.46. The third kappa shape index (κ3) is 4.31. The zero-order chi connectivity index (χ0) is 22.0. The van der Waals surface area contributed by atoms with Crippen molar-refractivity contribution in [1.82, 2.24) is 9.80 Å². The van der Waals surface area contributed by atoms with Crippen molar-refractivity contribution in [3.05, 3.63) is 69.2 Å². The van der Waals surface area contributed by atoms with E-state index in [4.69, 9.17) is 27.9 Å². The molecule has 6 nitrogen and oxygen atoms in total. The fourth-order valence-corrected chi connectivity index (χ4v) is 3.76. The Hall–Kier alpha value is -2.54. The van der Waals surface area contributed by atoms with Crippen LogP contribution < -0.4 is 4.74 Å². The van der Waals surface area contributed by atoms with Crippen LogP contribution in [0, 0.1) is 0 Å². The summed E-state index contributed by atoms with van der Waals surface area (Å²) in [4.78, 5) is 29.1. The fourth-order valence-electron chi connectivity index (χ4n) is 3.38. The maximum absolute atomic E-state index is 12.9. The summed E-state index contributed by atoms with van der Waals surface area (Å²) in [5.41, 5.74) is 1.02. The molecule has 1 aliphatic rings. The van der Waals surface area contributed by atoms with Crippen LogP contribution in [0.1, 0.15) is 17.2 Å². The number of halogens is 2. The largest absolute Gasteiger partial charge is 0.507 e. The van der Waals surface area contributed by atoms with Gasteiger partial charge in [-0.25, -0.2) is 0 Å². The van der Waals surface area contributed by atoms with Crippen molar-refractivity contribution in [1.29, 1.82) is 0 Å². The Kier molecular flexibility index (Phi) is 6.71. The van der Waals surface area contributed by atoms with Gasteiger partial charge < -0.3 is 19.6 Å². The molecule has 2 aromatic rings. The molecule has 1 atom stereocenters. The standard InChI is InChI=1S/C22H22Cl2N2O4/c1-25(2)10-11-26-19(13-4-7-15(23)8-5-13)18(21(28)22(26)29)20(27)14-6-9-17(30-3)16(24)12-14/h4-9,12,19,27H,10-11H2,1-3H3/t19-/m0/s1. The lowest BCUT2D eigenvalue weighted by molar-refractivity contribution is -0.140. The van der Waals surface area contributed by atoms with Crippen molar-refractivity contribution < 1.29 is 19.4 Å². The molecule has 8 heteroatoms. The molecule has 1 amide bonds. The molecule has 0 spiro atoms. The van der Waals surface area contributed by atoms with E-state index in [1.165, 1.54) is 18.1 Å². The number of amides is 1. The topological polar surface area (TPSA) is 70.1 Å². The Morgan fingerprint density at radius 2 is 1.80 bits per heavy atom. The molecule has 0 radical (unpaired) electrons. The number of likely N-dealkylation sites (tertiary alicyclic amines) is 1. The molecule has 1 saturated heterocycles. The van der Waals surface area contributed by atoms with Crippen LogP contribution in [0.2, 0.25) is 10.0 Å². The van der Waals surface area contributed by atoms with E-state index in [1.54, 1.807) is 36.4 Å². The van der Waals surface area contributed by atoms with Gasteiger partial charge in [-0.15, -0.1) is 0 Å². The van der Waals surface area contributed by atoms with Crippen molar-refractivity contribution in [3.63, 3.8) is 0 Å². The van der Waals surface area contributed by atoms with Crippen molar-refractivity contribution in [2.75, 3.05) is 34.3 Å². The highest BCUT2D eigenvalue weighted by atomic mass is 35.5. The van der Waals surface area contributed by atoms with E-state index in [0.717, 1.165) is 0 Å². The van der Waals surface area contributed by atoms with Gasteiger partial charge in [-0.2, -0.15) is 0 Å². The van der Waals surface area contributed by atoms with Gasteiger partial charge in [0.15, 0.2) is 0 Å². The molecule has 1 heterocycles. The fraction of sp³-hybridized carbons (Fsp3) is 0.273. The molecule has 3 rings (SSSR count). The summed E-state index contributed by atoms with van der Waals surface area (Å²) in [6.07, 6.45) is 0. The molecule has 0 unspecified atom stereocenters. The highest BCUT2D eigenvalue weighted by Gasteiger charge is 2.45. The molecule has 158 valence electrons. The first-order valence-corrected chi connectivity index (χ1v) is 10.0. The average Bonchev–Trinajstić information content (AvgIpc) is 2.96. The van der Waals surface area contributed by atoms with Gasteiger partial charge in [0.2, 0.25) is 0 Å². The van der Waals surface area contributed by atoms with Gasteiger partial charge in [0.1, 0.15) is 11.5 Å². The number of ketones is 1. The van der Waals surface area contributed by atoms with Gasteiger partial charge >= 0.3 is 0 Å². The van der Waals surface area contributed by atoms with Crippen LogP contribution in [0.15, 0.2) is 48.0 Å². The summed E-state index contributed by atoms with van der Waals surface area (Å²) in [5.74, 6) is -1.24. The van der Waals surface area contributed by atoms with Gasteiger partial charge in [-0.05, 0) is 50.0 Å². The first kappa shape index (κ1) is 22.2. The molecule has 1 fully saturated rings. The Morgan fingerprint density at radius 3 is 2.37 bits per heavy atom. The molecular formula is C22H22Cl2N2O4. The lowest BCUT2D eigenvalue weighted by Gasteiger charge is -2.26. The molecule has 0 aliphatic carbocycles. The minimum Gasteiger partial charge on any atom is -0.507 e. The zero-order valence-corrected chi connectivity index (χ0v) is 18.4. The Labute approximate surface area is 185 Å². The predicted molar refractivity (Wildman–Crippen MR) is 117 cm³/mol. The van der Waals surface area contributed by atoms with E-state index >= 15 is 0 Å². The molecule has 1 N–H and O–H groups in total. The number of Topliss-reactive ketones (excluding diaryl/α,β-unsaturated/α-hetero) is 1. The zero-order valence-electron chi connectivity index (χ0n) is 16.9. The van der Waals surface area contributed by atoms with E-state index < -0.39 is 17.7 Å². The number of likely N-dealkylation sites (N-methyl/N-ethyl adjacent to an activating group) is 1. The number of carbonyl (C=O) groups is 2. The maximum atomic E-state index is 12.9. The van der Waals surface area contributed by atoms with Gasteiger partial charge in [0.05, 0.1) is 23.7 Å². The number of hydrogen-bond donors (Lipinski definition) is 1. The van der Waals surface area contributed by atoms with Crippen LogP contribution in [0.5, 0.6) is 5.75 Å². The normalized spacial score (nSPS) is 18.3. The van der Waals surface area contributed by atoms with Gasteiger partial charge in [-0.3, -0.25) is 9.59 Å². The van der Waals surface area contributed by atoms with E-state index in [2.05, 4.69) is 0 Å². The van der Waals surface area contributed by atoms with Crippen LogP contribution in [0.4, 0.5) is 0 Å². The molecule has 0 aromatic heterocycles. The lowest BCUT2D eigenvalue weighted by atomic mass is 9.95. The van der Waals surface area contributed by atoms with E-state index in [0.29, 0.717) is 35.0 Å². The second-order valence-electron chi connectivity index (χ2n) is 7.20. The molecule has 0 saturated carbocycles. The third-order valence-corrected chi connectivity index (χ3v) is 5.49. The lowest BCUT2D eigenvalue weighted by Crippen LogP contribution is -2.35. The Balaban J connectivity index is 2.14. The van der Waals surface area contributed by atoms with Crippen LogP contribution in [-0.2, 0) is 9.59 Å². The van der Waals surface area contributed by atoms with Crippen LogP contribution in [0.25, 0.3) is 5.76 Å². The average molecular weight is 449 g/mol. The molecule has 30 heavy (non-hydrogen) atoms. The number of aliphatic hydroxyl groups excluding tert-OH is 1. The quantitative estimate of drug-likeness (QED) is 0.411. The van der Waals surface area contributed by atoms with Gasteiger partial charge in [-0.1, -0.05) is 35.3 Å². The minimum absolute atomic E-state index is 0.0160. The SMILES string of the molecule is COc1ccc(C(O)=C2C(=O)C(=O)N(CCN(C)C)[C@H]2c2ccc(Cl)cc2)cc1Cl. The summed E-state index contributed by atoms with van der Waals surface area (Å²) in [6.45, 7) is 0.885. The smallest absolute Gasteiger partial charge is 0.295 e. The monoisotopic (exact) mass is 448 g/mol. The summed E-state index contributed by atoms with van der Waals surface area (Å²) in [5, 5.41) is 11.8. The number of ether oxygens (including phenoxy) is 1. The second kappa shape index (κ2) is 9.08. The van der Waals surface area contributed by atoms with Crippen LogP contribution in [0.3, 0.4) is 0 Å². The van der Waals surface area contributed by atoms with E-state index in [-0.39, 0.29) is 16.4 Å². The molecular weight excluding hydrogens is 427 g/mol. The van der Waals surface area contributed by atoms with Gasteiger partial charge in [0, 0.05) is 23.7 Å². The van der Waals surface area contributed by atoms with Crippen molar-refractivity contribution in [2.24, 2.45) is 0 Å². The van der Waals surface area contributed by atoms with Crippen molar-refractivity contribution in [2.45, 2.75) is 6.04 Å². The number of benzene rings is 2. The summed E-state index contributed by atoms with van der Waals surface area (Å²) in [6, 6.07) is 10.8. The minimum atomic E-state index is -0.738. The number of aliphatic hydroxyl groups is 1.